The number of carboxylic acids is 1. The van der Waals surface area contributed by atoms with Crippen LogP contribution < -0.4 is 5.32 Å². The van der Waals surface area contributed by atoms with Gasteiger partial charge in [0.1, 0.15) is 0 Å². The maximum Gasteiger partial charge on any atom is 0.303 e. The summed E-state index contributed by atoms with van der Waals surface area (Å²) in [5.41, 5.74) is 3.51. The van der Waals surface area contributed by atoms with E-state index in [4.69, 9.17) is 5.11 Å². The molecule has 0 spiro atoms. The van der Waals surface area contributed by atoms with E-state index in [1.165, 1.54) is 11.1 Å². The zero-order valence-electron chi connectivity index (χ0n) is 14.6. The zero-order chi connectivity index (χ0) is 18.1. The van der Waals surface area contributed by atoms with E-state index in [1.54, 1.807) is 0 Å². The number of amides is 1. The van der Waals surface area contributed by atoms with Crippen LogP contribution in [0, 0.1) is 0 Å². The SMILES string of the molecule is CCC[C@H](Cc1ccc(-c2ccccc2)cc1)NC(=O)CCC(=O)O. The molecular formula is C21H25NO3. The second-order valence-electron chi connectivity index (χ2n) is 6.21. The van der Waals surface area contributed by atoms with E-state index >= 15 is 0 Å². The van der Waals surface area contributed by atoms with Crippen molar-refractivity contribution < 1.29 is 14.7 Å². The maximum absolute atomic E-state index is 11.9. The quantitative estimate of drug-likeness (QED) is 0.724. The molecule has 0 radical (unpaired) electrons. The van der Waals surface area contributed by atoms with Crippen LogP contribution in [0.15, 0.2) is 54.6 Å². The molecule has 2 aromatic carbocycles. The van der Waals surface area contributed by atoms with E-state index < -0.39 is 5.97 Å². The van der Waals surface area contributed by atoms with Crippen LogP contribution in [0.5, 0.6) is 0 Å². The van der Waals surface area contributed by atoms with Crippen LogP contribution in [0.2, 0.25) is 0 Å². The number of carboxylic acid groups (broad SMARTS) is 1. The van der Waals surface area contributed by atoms with Gasteiger partial charge in [0.2, 0.25) is 5.91 Å². The molecular weight excluding hydrogens is 314 g/mol. The molecule has 1 atom stereocenters. The summed E-state index contributed by atoms with van der Waals surface area (Å²) in [7, 11) is 0. The molecule has 4 nitrogen and oxygen atoms in total. The van der Waals surface area contributed by atoms with Gasteiger partial charge >= 0.3 is 5.97 Å². The first kappa shape index (κ1) is 18.7. The topological polar surface area (TPSA) is 66.4 Å². The molecule has 132 valence electrons. The van der Waals surface area contributed by atoms with Crippen molar-refractivity contribution in [2.24, 2.45) is 0 Å². The van der Waals surface area contributed by atoms with Crippen molar-refractivity contribution in [3.63, 3.8) is 0 Å². The van der Waals surface area contributed by atoms with E-state index in [1.807, 2.05) is 18.2 Å². The number of carbonyl (C=O) groups excluding carboxylic acids is 1. The summed E-state index contributed by atoms with van der Waals surface area (Å²) in [6.07, 6.45) is 2.49. The fourth-order valence-corrected chi connectivity index (χ4v) is 2.84. The predicted octanol–water partition coefficient (Wildman–Crippen LogP) is 4.05. The van der Waals surface area contributed by atoms with Gasteiger partial charge in [-0.1, -0.05) is 67.9 Å². The third-order valence-electron chi connectivity index (χ3n) is 4.11. The molecule has 0 saturated carbocycles. The minimum atomic E-state index is -0.946. The van der Waals surface area contributed by atoms with Gasteiger partial charge in [0.25, 0.3) is 0 Å². The van der Waals surface area contributed by atoms with Crippen LogP contribution in [0.1, 0.15) is 38.2 Å². The molecule has 0 aliphatic rings. The van der Waals surface area contributed by atoms with E-state index in [0.717, 1.165) is 24.8 Å². The Morgan fingerprint density at radius 1 is 0.960 bits per heavy atom. The third kappa shape index (κ3) is 6.42. The normalized spacial score (nSPS) is 11.7. The minimum absolute atomic E-state index is 0.0303. The Morgan fingerprint density at radius 2 is 1.60 bits per heavy atom. The van der Waals surface area contributed by atoms with Crippen LogP contribution in [-0.2, 0) is 16.0 Å². The number of rotatable bonds is 9. The lowest BCUT2D eigenvalue weighted by molar-refractivity contribution is -0.138. The van der Waals surface area contributed by atoms with Gasteiger partial charge in [0.15, 0.2) is 0 Å². The van der Waals surface area contributed by atoms with E-state index in [9.17, 15) is 9.59 Å². The summed E-state index contributed by atoms with van der Waals surface area (Å²) in [5.74, 6) is -1.14. The molecule has 2 aromatic rings. The van der Waals surface area contributed by atoms with Gasteiger partial charge in [-0.25, -0.2) is 0 Å². The lowest BCUT2D eigenvalue weighted by Gasteiger charge is -2.18. The minimum Gasteiger partial charge on any atom is -0.481 e. The monoisotopic (exact) mass is 339 g/mol. The number of hydrogen-bond acceptors (Lipinski definition) is 2. The maximum atomic E-state index is 11.9. The summed E-state index contributed by atoms with van der Waals surface area (Å²) < 4.78 is 0. The zero-order valence-corrected chi connectivity index (χ0v) is 14.6. The largest absolute Gasteiger partial charge is 0.481 e. The van der Waals surface area contributed by atoms with Gasteiger partial charge in [-0.05, 0) is 29.5 Å². The number of carbonyl (C=O) groups is 2. The van der Waals surface area contributed by atoms with E-state index in [2.05, 4.69) is 48.6 Å². The highest BCUT2D eigenvalue weighted by Crippen LogP contribution is 2.20. The smallest absolute Gasteiger partial charge is 0.303 e. The van der Waals surface area contributed by atoms with Gasteiger partial charge in [-0.3, -0.25) is 9.59 Å². The first-order chi connectivity index (χ1) is 12.1. The van der Waals surface area contributed by atoms with E-state index in [-0.39, 0.29) is 24.8 Å². The van der Waals surface area contributed by atoms with Crippen molar-refractivity contribution in [3.05, 3.63) is 60.2 Å². The van der Waals surface area contributed by atoms with Crippen LogP contribution in [0.25, 0.3) is 11.1 Å². The molecule has 0 saturated heterocycles. The molecule has 4 heteroatoms. The Kier molecular flexibility index (Phi) is 7.20. The van der Waals surface area contributed by atoms with Crippen molar-refractivity contribution in [3.8, 4) is 11.1 Å². The second kappa shape index (κ2) is 9.62. The van der Waals surface area contributed by atoms with Crippen LogP contribution >= 0.6 is 0 Å². The molecule has 25 heavy (non-hydrogen) atoms. The summed E-state index contributed by atoms with van der Waals surface area (Å²) in [5, 5.41) is 11.6. The number of aliphatic carboxylic acids is 1. The highest BCUT2D eigenvalue weighted by Gasteiger charge is 2.13. The van der Waals surface area contributed by atoms with Crippen molar-refractivity contribution in [1.82, 2.24) is 5.32 Å². The van der Waals surface area contributed by atoms with Crippen molar-refractivity contribution in [1.29, 1.82) is 0 Å². The Morgan fingerprint density at radius 3 is 2.20 bits per heavy atom. The van der Waals surface area contributed by atoms with Crippen LogP contribution in [0.4, 0.5) is 0 Å². The second-order valence-corrected chi connectivity index (χ2v) is 6.21. The lowest BCUT2D eigenvalue weighted by atomic mass is 9.98. The highest BCUT2D eigenvalue weighted by atomic mass is 16.4. The Labute approximate surface area is 148 Å². The first-order valence-electron chi connectivity index (χ1n) is 8.74. The lowest BCUT2D eigenvalue weighted by Crippen LogP contribution is -2.36. The molecule has 0 aromatic heterocycles. The summed E-state index contributed by atoms with van der Waals surface area (Å²) >= 11 is 0. The third-order valence-corrected chi connectivity index (χ3v) is 4.11. The summed E-state index contributed by atoms with van der Waals surface area (Å²) in [6.45, 7) is 2.08. The number of nitrogens with one attached hydrogen (secondary N) is 1. The first-order valence-corrected chi connectivity index (χ1v) is 8.74. The van der Waals surface area contributed by atoms with Gasteiger partial charge in [0, 0.05) is 12.5 Å². The van der Waals surface area contributed by atoms with Crippen molar-refractivity contribution in [2.75, 3.05) is 0 Å². The Hall–Kier alpha value is -2.62. The Bertz CT molecular complexity index is 680. The van der Waals surface area contributed by atoms with Gasteiger partial charge in [0.05, 0.1) is 6.42 Å². The average Bonchev–Trinajstić information content (AvgIpc) is 2.61. The van der Waals surface area contributed by atoms with E-state index in [0.29, 0.717) is 0 Å². The molecule has 2 rings (SSSR count). The standard InChI is InChI=1S/C21H25NO3/c1-2-6-19(22-20(23)13-14-21(24)25)15-16-9-11-18(12-10-16)17-7-4-3-5-8-17/h3-5,7-12,19H,2,6,13-15H2,1H3,(H,22,23)(H,24,25)/t19-/m1/s1. The summed E-state index contributed by atoms with van der Waals surface area (Å²) in [4.78, 5) is 22.5. The van der Waals surface area contributed by atoms with Crippen LogP contribution in [-0.4, -0.2) is 23.0 Å². The average molecular weight is 339 g/mol. The molecule has 0 aliphatic heterocycles. The summed E-state index contributed by atoms with van der Waals surface area (Å²) in [6, 6.07) is 18.6. The molecule has 0 heterocycles. The van der Waals surface area contributed by atoms with Gasteiger partial charge in [-0.15, -0.1) is 0 Å². The molecule has 0 bridgehead atoms. The molecule has 0 aliphatic carbocycles. The molecule has 2 N–H and O–H groups in total. The highest BCUT2D eigenvalue weighted by molar-refractivity contribution is 5.80. The fraction of sp³-hybridized carbons (Fsp3) is 0.333. The van der Waals surface area contributed by atoms with Crippen LogP contribution in [0.3, 0.4) is 0 Å². The molecule has 0 fully saturated rings. The molecule has 0 unspecified atom stereocenters. The van der Waals surface area contributed by atoms with Gasteiger partial charge < -0.3 is 10.4 Å². The number of benzene rings is 2. The number of hydrogen-bond donors (Lipinski definition) is 2. The van der Waals surface area contributed by atoms with Crippen molar-refractivity contribution >= 4 is 11.9 Å². The van der Waals surface area contributed by atoms with Crippen molar-refractivity contribution in [2.45, 2.75) is 45.1 Å². The van der Waals surface area contributed by atoms with Gasteiger partial charge in [-0.2, -0.15) is 0 Å². The predicted molar refractivity (Wildman–Crippen MR) is 99.3 cm³/mol. The molecule has 1 amide bonds. The fourth-order valence-electron chi connectivity index (χ4n) is 2.84. The Balaban J connectivity index is 1.96.